The van der Waals surface area contributed by atoms with Crippen molar-refractivity contribution in [3.63, 3.8) is 0 Å². The van der Waals surface area contributed by atoms with Crippen LogP contribution in [0.2, 0.25) is 6.32 Å². The van der Waals surface area contributed by atoms with E-state index in [9.17, 15) is 14.4 Å². The number of rotatable bonds is 13. The zero-order valence-electron chi connectivity index (χ0n) is 13.4. The normalized spacial score (nSPS) is 11.7. The highest BCUT2D eigenvalue weighted by Gasteiger charge is 2.13. The Balaban J connectivity index is 3.77. The van der Waals surface area contributed by atoms with Gasteiger partial charge in [-0.15, -0.1) is 10.2 Å². The number of carbonyl (C=O) groups excluding carboxylic acids is 3. The van der Waals surface area contributed by atoms with E-state index in [0.29, 0.717) is 25.5 Å². The van der Waals surface area contributed by atoms with E-state index in [-0.39, 0.29) is 36.3 Å². The van der Waals surface area contributed by atoms with Gasteiger partial charge in [0.15, 0.2) is 7.28 Å². The van der Waals surface area contributed by atoms with Gasteiger partial charge in [0.05, 0.1) is 6.19 Å². The molecule has 9 heteroatoms. The van der Waals surface area contributed by atoms with E-state index >= 15 is 0 Å². The number of hydrogen-bond acceptors (Lipinski definition) is 5. The van der Waals surface area contributed by atoms with Crippen LogP contribution in [0, 0.1) is 16.7 Å². The van der Waals surface area contributed by atoms with Crippen LogP contribution in [0.3, 0.4) is 0 Å². The Hall–Kier alpha value is -2.19. The van der Waals surface area contributed by atoms with Gasteiger partial charge in [-0.25, -0.2) is 0 Å². The van der Waals surface area contributed by atoms with Crippen LogP contribution in [0.4, 0.5) is 0 Å². The summed E-state index contributed by atoms with van der Waals surface area (Å²) in [6.45, 7) is 2.03. The highest BCUT2D eigenvalue weighted by Crippen LogP contribution is 2.13. The molecule has 125 valence electrons. The van der Waals surface area contributed by atoms with Crippen molar-refractivity contribution in [3.8, 4) is 0 Å². The zero-order chi connectivity index (χ0) is 17.5. The lowest BCUT2D eigenvalue weighted by Gasteiger charge is -2.11. The summed E-state index contributed by atoms with van der Waals surface area (Å²) in [5.41, 5.74) is 0. The molecule has 0 aliphatic carbocycles. The molecule has 1 atom stereocenters. The number of Topliss-reactive ketones (excluding diaryl/α,β-unsaturated/α-hetero) is 1. The number of unbranched alkanes of at least 4 members (excludes halogenated alkanes) is 1. The average molecular weight is 320 g/mol. The number of carbonyl (C=O) groups is 3. The van der Waals surface area contributed by atoms with Gasteiger partial charge in [-0.1, -0.05) is 12.7 Å². The van der Waals surface area contributed by atoms with E-state index in [2.05, 4.69) is 15.5 Å². The van der Waals surface area contributed by atoms with Gasteiger partial charge >= 0.3 is 0 Å². The van der Waals surface area contributed by atoms with E-state index in [0.717, 1.165) is 19.2 Å². The summed E-state index contributed by atoms with van der Waals surface area (Å²) >= 11 is 0. The fraction of sp³-hybridized carbons (Fsp3) is 0.643. The summed E-state index contributed by atoms with van der Waals surface area (Å²) in [7, 11) is 1.46. The Labute approximate surface area is 136 Å². The first-order valence-electron chi connectivity index (χ1n) is 7.52. The first kappa shape index (κ1) is 20.8. The monoisotopic (exact) mass is 320 g/mol. The highest BCUT2D eigenvalue weighted by atomic mass is 16.1. The Bertz CT molecular complexity index is 454. The molecule has 8 nitrogen and oxygen atoms in total. The molecular weight excluding hydrogens is 297 g/mol. The van der Waals surface area contributed by atoms with Crippen molar-refractivity contribution in [2.45, 2.75) is 45.3 Å². The first-order chi connectivity index (χ1) is 11.0. The molecular formula is C14H23BN5O3. The van der Waals surface area contributed by atoms with Crippen molar-refractivity contribution in [1.29, 1.82) is 10.8 Å². The van der Waals surface area contributed by atoms with Crippen LogP contribution in [0.5, 0.6) is 0 Å². The van der Waals surface area contributed by atoms with Gasteiger partial charge < -0.3 is 10.1 Å². The van der Waals surface area contributed by atoms with Crippen molar-refractivity contribution in [2.75, 3.05) is 6.54 Å². The minimum absolute atomic E-state index is 0.0422. The minimum atomic E-state index is -0.169. The molecule has 0 fully saturated rings. The highest BCUT2D eigenvalue weighted by molar-refractivity contribution is 6.66. The van der Waals surface area contributed by atoms with Gasteiger partial charge in [0, 0.05) is 25.3 Å². The molecule has 23 heavy (non-hydrogen) atoms. The smallest absolute Gasteiger partial charge is 0.220 e. The molecule has 0 saturated carbocycles. The lowest BCUT2D eigenvalue weighted by Crippen LogP contribution is -2.25. The number of nitrogens with zero attached hydrogens (tertiary/aromatic N) is 2. The van der Waals surface area contributed by atoms with Crippen LogP contribution in [-0.4, -0.2) is 43.9 Å². The van der Waals surface area contributed by atoms with Crippen LogP contribution in [0.25, 0.3) is 0 Å². The van der Waals surface area contributed by atoms with Crippen LogP contribution >= 0.6 is 0 Å². The summed E-state index contributed by atoms with van der Waals surface area (Å²) in [4.78, 5) is 33.2. The van der Waals surface area contributed by atoms with Crippen LogP contribution in [-0.2, 0) is 14.4 Å². The maximum Gasteiger partial charge on any atom is 0.220 e. The number of nitrogens with one attached hydrogen (secondary N) is 3. The van der Waals surface area contributed by atoms with E-state index < -0.39 is 0 Å². The number of amides is 1. The Morgan fingerprint density at radius 3 is 2.65 bits per heavy atom. The Morgan fingerprint density at radius 2 is 2.04 bits per heavy atom. The standard InChI is InChI=1S/C14H23BN5O3/c1-11(22)12(8-15-9-21)4-2-3-7-18-14(23)6-5-13(17)20-19-10-16/h9-10,12,16-17H,2-8H2,1H3,(H,18,23). The maximum atomic E-state index is 11.5. The van der Waals surface area contributed by atoms with Crippen LogP contribution in [0.1, 0.15) is 39.0 Å². The Morgan fingerprint density at radius 1 is 1.30 bits per heavy atom. The molecule has 0 aromatic carbocycles. The summed E-state index contributed by atoms with van der Waals surface area (Å²) < 4.78 is 0. The first-order valence-corrected chi connectivity index (χ1v) is 7.52. The zero-order valence-corrected chi connectivity index (χ0v) is 13.4. The molecule has 1 unspecified atom stereocenters. The van der Waals surface area contributed by atoms with Gasteiger partial charge in [-0.2, -0.15) is 0 Å². The number of hydrogen-bond donors (Lipinski definition) is 3. The van der Waals surface area contributed by atoms with Crippen molar-refractivity contribution in [1.82, 2.24) is 5.32 Å². The number of ketones is 1. The molecule has 0 aromatic heterocycles. The number of amidine groups is 1. The van der Waals surface area contributed by atoms with E-state index in [4.69, 9.17) is 10.8 Å². The molecule has 1 amide bonds. The third-order valence-electron chi connectivity index (χ3n) is 3.22. The predicted molar refractivity (Wildman–Crippen MR) is 88.9 cm³/mol. The predicted octanol–water partition coefficient (Wildman–Crippen LogP) is 1.61. The molecule has 0 heterocycles. The molecule has 1 radical (unpaired) electrons. The summed E-state index contributed by atoms with van der Waals surface area (Å²) in [6, 6.07) is 0. The topological polar surface area (TPSA) is 136 Å². The summed E-state index contributed by atoms with van der Waals surface area (Å²) in [6.07, 6.45) is 4.48. The van der Waals surface area contributed by atoms with E-state index in [1.165, 1.54) is 14.2 Å². The van der Waals surface area contributed by atoms with E-state index in [1.807, 2.05) is 0 Å². The van der Waals surface area contributed by atoms with Crippen molar-refractivity contribution < 1.29 is 14.4 Å². The van der Waals surface area contributed by atoms with Crippen LogP contribution < -0.4 is 5.32 Å². The summed E-state index contributed by atoms with van der Waals surface area (Å²) in [5.74, 6) is -0.267. The van der Waals surface area contributed by atoms with Crippen LogP contribution in [0.15, 0.2) is 10.2 Å². The molecule has 0 aliphatic heterocycles. The molecule has 3 N–H and O–H groups in total. The average Bonchev–Trinajstić information content (AvgIpc) is 2.53. The molecule has 0 aromatic rings. The van der Waals surface area contributed by atoms with Gasteiger partial charge in [0.2, 0.25) is 5.91 Å². The molecule has 0 bridgehead atoms. The third-order valence-corrected chi connectivity index (χ3v) is 3.22. The minimum Gasteiger partial charge on any atom is -0.356 e. The largest absolute Gasteiger partial charge is 0.356 e. The quantitative estimate of drug-likeness (QED) is 0.119. The lowest BCUT2D eigenvalue weighted by molar-refractivity contribution is -0.121. The Kier molecular flexibility index (Phi) is 12.2. The fourth-order valence-electron chi connectivity index (χ4n) is 1.92. The molecule has 0 saturated heterocycles. The van der Waals surface area contributed by atoms with Gasteiger partial charge in [0.1, 0.15) is 18.0 Å². The van der Waals surface area contributed by atoms with Crippen molar-refractivity contribution in [3.05, 3.63) is 0 Å². The van der Waals surface area contributed by atoms with Gasteiger partial charge in [0.25, 0.3) is 0 Å². The fourth-order valence-corrected chi connectivity index (χ4v) is 1.92. The SMILES string of the molecule is CC(=O)C(C[B]C=O)CCCCNC(=O)CCC(=N)N=NC=N. The second-order valence-corrected chi connectivity index (χ2v) is 5.05. The maximum absolute atomic E-state index is 11.5. The molecule has 0 rings (SSSR count). The van der Waals surface area contributed by atoms with Crippen molar-refractivity contribution >= 4 is 37.3 Å². The number of azo groups is 1. The molecule has 0 aliphatic rings. The van der Waals surface area contributed by atoms with Gasteiger partial charge in [-0.3, -0.25) is 20.4 Å². The summed E-state index contributed by atoms with van der Waals surface area (Å²) in [5, 5.41) is 23.4. The van der Waals surface area contributed by atoms with Crippen molar-refractivity contribution in [2.24, 2.45) is 16.1 Å². The van der Waals surface area contributed by atoms with Gasteiger partial charge in [-0.05, 0) is 19.8 Å². The lowest BCUT2D eigenvalue weighted by atomic mass is 9.69. The second kappa shape index (κ2) is 13.5. The third kappa shape index (κ3) is 12.1. The molecule has 0 spiro atoms. The second-order valence-electron chi connectivity index (χ2n) is 5.05. The van der Waals surface area contributed by atoms with E-state index in [1.54, 1.807) is 0 Å².